The van der Waals surface area contributed by atoms with Crippen molar-refractivity contribution in [3.63, 3.8) is 0 Å². The summed E-state index contributed by atoms with van der Waals surface area (Å²) >= 11 is 6.98. The fraction of sp³-hybridized carbons (Fsp3) is 0.667. The topological polar surface area (TPSA) is 46.6 Å². The van der Waals surface area contributed by atoms with Gasteiger partial charge >= 0.3 is 0 Å². The number of aryl methyl sites for hydroxylation is 1. The van der Waals surface area contributed by atoms with Crippen LogP contribution in [0.4, 0.5) is 0 Å². The second kappa shape index (κ2) is 6.10. The van der Waals surface area contributed by atoms with Crippen molar-refractivity contribution in [3.8, 4) is 0 Å². The monoisotopic (exact) mass is 323 g/mol. The van der Waals surface area contributed by atoms with Gasteiger partial charge in [-0.1, -0.05) is 0 Å². The highest BCUT2D eigenvalue weighted by atomic mass is 35.5. The molecule has 0 aromatic carbocycles. The van der Waals surface area contributed by atoms with E-state index in [9.17, 15) is 8.42 Å². The van der Waals surface area contributed by atoms with Gasteiger partial charge in [-0.05, 0) is 32.4 Å². The summed E-state index contributed by atoms with van der Waals surface area (Å²) in [6.45, 7) is 4.61. The van der Waals surface area contributed by atoms with Crippen LogP contribution in [0.5, 0.6) is 0 Å². The Morgan fingerprint density at radius 3 is 2.58 bits per heavy atom. The van der Waals surface area contributed by atoms with Crippen molar-refractivity contribution in [2.24, 2.45) is 0 Å². The predicted octanol–water partition coefficient (Wildman–Crippen LogP) is 2.33. The van der Waals surface area contributed by atoms with E-state index in [1.54, 1.807) is 6.07 Å². The standard InChI is InChI=1S/C12H18ClNO3S2/c1-9-7-14(8-10(2)17-9)19(15,16)12-4-3-11(18-12)5-6-13/h3-4,9-10H,5-8H2,1-2H3. The van der Waals surface area contributed by atoms with Gasteiger partial charge in [0.2, 0.25) is 0 Å². The Morgan fingerprint density at radius 1 is 1.37 bits per heavy atom. The van der Waals surface area contributed by atoms with Crippen LogP contribution in [0.1, 0.15) is 18.7 Å². The normalized spacial score (nSPS) is 25.6. The lowest BCUT2D eigenvalue weighted by atomic mass is 10.3. The van der Waals surface area contributed by atoms with Gasteiger partial charge in [-0.15, -0.1) is 22.9 Å². The average molecular weight is 324 g/mol. The quantitative estimate of drug-likeness (QED) is 0.799. The number of hydrogen-bond acceptors (Lipinski definition) is 4. The Bertz CT molecular complexity index is 519. The second-order valence-corrected chi connectivity index (χ2v) is 8.45. The summed E-state index contributed by atoms with van der Waals surface area (Å²) in [5, 5.41) is 0. The number of ether oxygens (including phenoxy) is 1. The smallest absolute Gasteiger partial charge is 0.252 e. The number of morpholine rings is 1. The molecule has 1 fully saturated rings. The molecule has 108 valence electrons. The van der Waals surface area contributed by atoms with E-state index in [0.29, 0.717) is 29.6 Å². The minimum atomic E-state index is -3.40. The lowest BCUT2D eigenvalue weighted by Crippen LogP contribution is -2.47. The molecule has 4 nitrogen and oxygen atoms in total. The van der Waals surface area contributed by atoms with Crippen LogP contribution in [0.25, 0.3) is 0 Å². The predicted molar refractivity (Wildman–Crippen MR) is 77.5 cm³/mol. The van der Waals surface area contributed by atoms with Gasteiger partial charge in [0.05, 0.1) is 12.2 Å². The molecule has 0 radical (unpaired) electrons. The van der Waals surface area contributed by atoms with Crippen molar-refractivity contribution in [2.45, 2.75) is 36.7 Å². The zero-order valence-corrected chi connectivity index (χ0v) is 13.4. The second-order valence-electron chi connectivity index (χ2n) is 4.74. The maximum atomic E-state index is 12.5. The highest BCUT2D eigenvalue weighted by Gasteiger charge is 2.32. The molecule has 0 amide bonds. The first-order chi connectivity index (χ1) is 8.93. The molecule has 7 heteroatoms. The summed E-state index contributed by atoms with van der Waals surface area (Å²) in [4.78, 5) is 1.00. The van der Waals surface area contributed by atoms with Crippen LogP contribution < -0.4 is 0 Å². The van der Waals surface area contributed by atoms with Gasteiger partial charge in [-0.3, -0.25) is 0 Å². The molecule has 1 aliphatic rings. The summed E-state index contributed by atoms with van der Waals surface area (Å²) in [6, 6.07) is 3.51. The number of halogens is 1. The van der Waals surface area contributed by atoms with Gasteiger partial charge in [-0.2, -0.15) is 4.31 Å². The molecule has 1 aliphatic heterocycles. The Kier molecular flexibility index (Phi) is 4.89. The summed E-state index contributed by atoms with van der Waals surface area (Å²) < 4.78 is 32.6. The van der Waals surface area contributed by atoms with Crippen LogP contribution in [0.15, 0.2) is 16.3 Å². The maximum Gasteiger partial charge on any atom is 0.252 e. The van der Waals surface area contributed by atoms with Crippen LogP contribution in [0.2, 0.25) is 0 Å². The first-order valence-corrected chi connectivity index (χ1v) is 9.03. The van der Waals surface area contributed by atoms with Gasteiger partial charge in [0.15, 0.2) is 0 Å². The third kappa shape index (κ3) is 3.49. The van der Waals surface area contributed by atoms with Crippen molar-refractivity contribution in [3.05, 3.63) is 17.0 Å². The van der Waals surface area contributed by atoms with E-state index in [2.05, 4.69) is 0 Å². The number of sulfonamides is 1. The van der Waals surface area contributed by atoms with E-state index < -0.39 is 10.0 Å². The Hall–Kier alpha value is -0.140. The van der Waals surface area contributed by atoms with E-state index >= 15 is 0 Å². The molecule has 0 N–H and O–H groups in total. The number of nitrogens with zero attached hydrogens (tertiary/aromatic N) is 1. The van der Waals surface area contributed by atoms with Crippen molar-refractivity contribution in [1.82, 2.24) is 4.31 Å². The van der Waals surface area contributed by atoms with E-state index in [-0.39, 0.29) is 12.2 Å². The first kappa shape index (κ1) is 15.3. The minimum Gasteiger partial charge on any atom is -0.373 e. The molecule has 0 spiro atoms. The molecule has 19 heavy (non-hydrogen) atoms. The molecular formula is C12H18ClNO3S2. The van der Waals surface area contributed by atoms with E-state index in [4.69, 9.17) is 16.3 Å². The van der Waals surface area contributed by atoms with Crippen molar-refractivity contribution >= 4 is 33.0 Å². The summed E-state index contributed by atoms with van der Waals surface area (Å²) in [7, 11) is -3.40. The van der Waals surface area contributed by atoms with Gasteiger partial charge in [0.1, 0.15) is 4.21 Å². The Morgan fingerprint density at radius 2 is 2.00 bits per heavy atom. The largest absolute Gasteiger partial charge is 0.373 e. The Labute approximate surface area is 123 Å². The highest BCUT2D eigenvalue weighted by molar-refractivity contribution is 7.91. The lowest BCUT2D eigenvalue weighted by molar-refractivity contribution is -0.0440. The molecule has 2 heterocycles. The summed E-state index contributed by atoms with van der Waals surface area (Å²) in [5.74, 6) is 0.506. The van der Waals surface area contributed by atoms with E-state index in [1.807, 2.05) is 19.9 Å². The number of hydrogen-bond donors (Lipinski definition) is 0. The molecule has 1 aromatic rings. The molecule has 0 saturated carbocycles. The third-order valence-electron chi connectivity index (χ3n) is 2.96. The lowest BCUT2D eigenvalue weighted by Gasteiger charge is -2.34. The summed E-state index contributed by atoms with van der Waals surface area (Å²) in [6.07, 6.45) is 0.569. The highest BCUT2D eigenvalue weighted by Crippen LogP contribution is 2.27. The molecule has 1 saturated heterocycles. The van der Waals surface area contributed by atoms with Crippen LogP contribution in [-0.2, 0) is 21.2 Å². The van der Waals surface area contributed by atoms with Crippen molar-refractivity contribution in [2.75, 3.05) is 19.0 Å². The molecule has 2 atom stereocenters. The fourth-order valence-corrected chi connectivity index (χ4v) is 5.59. The molecule has 0 bridgehead atoms. The van der Waals surface area contributed by atoms with Crippen LogP contribution >= 0.6 is 22.9 Å². The van der Waals surface area contributed by atoms with E-state index in [1.165, 1.54) is 15.6 Å². The maximum absolute atomic E-state index is 12.5. The number of rotatable bonds is 4. The van der Waals surface area contributed by atoms with Crippen LogP contribution in [-0.4, -0.2) is 43.9 Å². The zero-order chi connectivity index (χ0) is 14.0. The fourth-order valence-electron chi connectivity index (χ4n) is 2.18. The van der Waals surface area contributed by atoms with Gasteiger partial charge in [0.25, 0.3) is 10.0 Å². The number of thiophene rings is 1. The molecule has 2 rings (SSSR count). The third-order valence-corrected chi connectivity index (χ3v) is 6.59. The zero-order valence-electron chi connectivity index (χ0n) is 11.0. The Balaban J connectivity index is 2.20. The first-order valence-electron chi connectivity index (χ1n) is 6.23. The molecule has 0 aliphatic carbocycles. The average Bonchev–Trinajstić information content (AvgIpc) is 2.77. The van der Waals surface area contributed by atoms with Crippen LogP contribution in [0.3, 0.4) is 0 Å². The molecular weight excluding hydrogens is 306 g/mol. The van der Waals surface area contributed by atoms with Crippen molar-refractivity contribution in [1.29, 1.82) is 0 Å². The van der Waals surface area contributed by atoms with Crippen molar-refractivity contribution < 1.29 is 13.2 Å². The molecule has 2 unspecified atom stereocenters. The number of alkyl halides is 1. The molecule has 1 aromatic heterocycles. The van der Waals surface area contributed by atoms with Gasteiger partial charge < -0.3 is 4.74 Å². The van der Waals surface area contributed by atoms with Crippen LogP contribution in [0, 0.1) is 0 Å². The summed E-state index contributed by atoms with van der Waals surface area (Å²) in [5.41, 5.74) is 0. The van der Waals surface area contributed by atoms with Gasteiger partial charge in [0, 0.05) is 23.8 Å². The SMILES string of the molecule is CC1CN(S(=O)(=O)c2ccc(CCCl)s2)CC(C)O1. The minimum absolute atomic E-state index is 0.0687. The van der Waals surface area contributed by atoms with Gasteiger partial charge in [-0.25, -0.2) is 8.42 Å². The van der Waals surface area contributed by atoms with E-state index in [0.717, 1.165) is 4.88 Å².